The number of hydrogen-bond acceptors (Lipinski definition) is 5. The van der Waals surface area contributed by atoms with E-state index in [0.717, 1.165) is 30.1 Å². The van der Waals surface area contributed by atoms with Crippen LogP contribution < -0.4 is 10.1 Å². The first kappa shape index (κ1) is 13.7. The summed E-state index contributed by atoms with van der Waals surface area (Å²) in [5, 5.41) is 7.78. The summed E-state index contributed by atoms with van der Waals surface area (Å²) in [6.45, 7) is 2.79. The molecule has 0 unspecified atom stereocenters. The molecule has 102 valence electrons. The first-order chi connectivity index (χ1) is 9.22. The van der Waals surface area contributed by atoms with E-state index in [1.165, 1.54) is 17.6 Å². The van der Waals surface area contributed by atoms with Crippen LogP contribution in [0.25, 0.3) is 0 Å². The molecule has 1 aromatic heterocycles. The molecule has 0 spiro atoms. The Kier molecular flexibility index (Phi) is 4.62. The number of nitrogens with zero attached hydrogens (tertiary/aromatic N) is 2. The van der Waals surface area contributed by atoms with Crippen LogP contribution in [0, 0.1) is 11.6 Å². The van der Waals surface area contributed by atoms with Crippen LogP contribution in [0.1, 0.15) is 19.0 Å². The van der Waals surface area contributed by atoms with E-state index in [1.54, 1.807) is 0 Å². The zero-order valence-corrected chi connectivity index (χ0v) is 11.1. The Morgan fingerprint density at radius 2 is 2.05 bits per heavy atom. The lowest BCUT2D eigenvalue weighted by molar-refractivity contribution is 0.270. The van der Waals surface area contributed by atoms with Gasteiger partial charge in [-0.25, -0.2) is 8.78 Å². The molecule has 2 aromatic rings. The van der Waals surface area contributed by atoms with E-state index in [4.69, 9.17) is 4.74 Å². The second-order valence-corrected chi connectivity index (χ2v) is 4.57. The highest BCUT2D eigenvalue weighted by Crippen LogP contribution is 2.24. The minimum atomic E-state index is -0.730. The first-order valence-electron chi connectivity index (χ1n) is 5.84. The quantitative estimate of drug-likeness (QED) is 0.885. The van der Waals surface area contributed by atoms with Crippen molar-refractivity contribution in [1.82, 2.24) is 9.59 Å². The molecule has 0 saturated heterocycles. The third-order valence-electron chi connectivity index (χ3n) is 2.36. The third kappa shape index (κ3) is 3.37. The van der Waals surface area contributed by atoms with Crippen molar-refractivity contribution < 1.29 is 13.5 Å². The van der Waals surface area contributed by atoms with Gasteiger partial charge in [0, 0.05) is 18.1 Å². The average molecular weight is 285 g/mol. The van der Waals surface area contributed by atoms with Crippen LogP contribution in [-0.2, 0) is 6.61 Å². The molecule has 0 atom stereocenters. The number of para-hydroxylation sites is 1. The number of nitrogens with one attached hydrogen (secondary N) is 1. The lowest BCUT2D eigenvalue weighted by Crippen LogP contribution is -2.05. The van der Waals surface area contributed by atoms with Gasteiger partial charge >= 0.3 is 0 Å². The van der Waals surface area contributed by atoms with E-state index in [9.17, 15) is 8.78 Å². The van der Waals surface area contributed by atoms with Crippen LogP contribution in [0.3, 0.4) is 0 Å². The molecule has 0 aliphatic heterocycles. The second kappa shape index (κ2) is 6.42. The Labute approximate surface area is 113 Å². The van der Waals surface area contributed by atoms with E-state index < -0.39 is 17.4 Å². The van der Waals surface area contributed by atoms with Crippen molar-refractivity contribution in [2.24, 2.45) is 0 Å². The van der Waals surface area contributed by atoms with E-state index in [1.807, 2.05) is 6.92 Å². The molecular weight excluding hydrogens is 272 g/mol. The summed E-state index contributed by atoms with van der Waals surface area (Å²) in [5.74, 6) is -1.85. The largest absolute Gasteiger partial charge is 0.481 e. The highest BCUT2D eigenvalue weighted by atomic mass is 32.1. The molecule has 0 saturated carbocycles. The van der Waals surface area contributed by atoms with E-state index in [0.29, 0.717) is 5.69 Å². The number of anilines is 1. The van der Waals surface area contributed by atoms with Crippen LogP contribution in [-0.4, -0.2) is 16.1 Å². The van der Waals surface area contributed by atoms with Crippen molar-refractivity contribution in [3.63, 3.8) is 0 Å². The molecule has 4 nitrogen and oxygen atoms in total. The van der Waals surface area contributed by atoms with Gasteiger partial charge in [0.2, 0.25) is 0 Å². The van der Waals surface area contributed by atoms with Gasteiger partial charge in [0.15, 0.2) is 17.4 Å². The zero-order valence-electron chi connectivity index (χ0n) is 10.3. The minimum Gasteiger partial charge on any atom is -0.481 e. The number of ether oxygens (including phenoxy) is 1. The summed E-state index contributed by atoms with van der Waals surface area (Å²) in [5.41, 5.74) is 0.543. The maximum absolute atomic E-state index is 13.4. The van der Waals surface area contributed by atoms with Crippen LogP contribution in [0.4, 0.5) is 13.8 Å². The van der Waals surface area contributed by atoms with Crippen molar-refractivity contribution in [3.05, 3.63) is 35.5 Å². The van der Waals surface area contributed by atoms with E-state index >= 15 is 0 Å². The number of halogens is 2. The molecule has 2 rings (SSSR count). The van der Waals surface area contributed by atoms with Gasteiger partial charge in [-0.3, -0.25) is 0 Å². The Morgan fingerprint density at radius 3 is 2.74 bits per heavy atom. The summed E-state index contributed by atoms with van der Waals surface area (Å²) in [4.78, 5) is 0. The van der Waals surface area contributed by atoms with Crippen LogP contribution in [0.15, 0.2) is 18.2 Å². The molecule has 0 bridgehead atoms. The molecule has 1 aromatic carbocycles. The Balaban J connectivity index is 2.04. The van der Waals surface area contributed by atoms with Gasteiger partial charge < -0.3 is 10.1 Å². The Hall–Kier alpha value is -1.76. The van der Waals surface area contributed by atoms with Gasteiger partial charge in [-0.05, 0) is 18.6 Å². The lowest BCUT2D eigenvalue weighted by atomic mass is 10.3. The SMILES string of the molecule is CCCNc1snnc1COc1c(F)cccc1F. The smallest absolute Gasteiger partial charge is 0.191 e. The van der Waals surface area contributed by atoms with Gasteiger partial charge in [0.1, 0.15) is 17.3 Å². The number of aromatic nitrogens is 2. The summed E-state index contributed by atoms with van der Waals surface area (Å²) in [6.07, 6.45) is 0.958. The monoisotopic (exact) mass is 285 g/mol. The lowest BCUT2D eigenvalue weighted by Gasteiger charge is -2.08. The molecule has 0 fully saturated rings. The van der Waals surface area contributed by atoms with E-state index in [-0.39, 0.29) is 6.61 Å². The van der Waals surface area contributed by atoms with Crippen molar-refractivity contribution in [2.75, 3.05) is 11.9 Å². The molecule has 1 N–H and O–H groups in total. The molecule has 0 radical (unpaired) electrons. The van der Waals surface area contributed by atoms with Crippen LogP contribution >= 0.6 is 11.5 Å². The number of hydrogen-bond donors (Lipinski definition) is 1. The fourth-order valence-corrected chi connectivity index (χ4v) is 2.03. The summed E-state index contributed by atoms with van der Waals surface area (Å²) in [7, 11) is 0. The standard InChI is InChI=1S/C12H13F2N3OS/c1-2-6-15-12-10(16-17-19-12)7-18-11-8(13)4-3-5-9(11)14/h3-5,15H,2,6-7H2,1H3. The summed E-state index contributed by atoms with van der Waals surface area (Å²) in [6, 6.07) is 3.58. The highest BCUT2D eigenvalue weighted by molar-refractivity contribution is 7.10. The van der Waals surface area contributed by atoms with Crippen molar-refractivity contribution in [3.8, 4) is 5.75 Å². The molecule has 19 heavy (non-hydrogen) atoms. The van der Waals surface area contributed by atoms with Gasteiger partial charge in [-0.1, -0.05) is 17.5 Å². The van der Waals surface area contributed by atoms with Gasteiger partial charge in [0.05, 0.1) is 0 Å². The zero-order chi connectivity index (χ0) is 13.7. The van der Waals surface area contributed by atoms with Gasteiger partial charge in [-0.2, -0.15) is 0 Å². The number of benzene rings is 1. The molecule has 0 amide bonds. The predicted octanol–water partition coefficient (Wildman–Crippen LogP) is 3.22. The van der Waals surface area contributed by atoms with E-state index in [2.05, 4.69) is 14.9 Å². The fourth-order valence-electron chi connectivity index (χ4n) is 1.44. The first-order valence-corrected chi connectivity index (χ1v) is 6.61. The minimum absolute atomic E-state index is 0.0274. The van der Waals surface area contributed by atoms with Gasteiger partial charge in [-0.15, -0.1) is 5.10 Å². The second-order valence-electron chi connectivity index (χ2n) is 3.81. The van der Waals surface area contributed by atoms with Crippen LogP contribution in [0.2, 0.25) is 0 Å². The van der Waals surface area contributed by atoms with Crippen molar-refractivity contribution >= 4 is 16.5 Å². The molecule has 0 aliphatic rings. The molecular formula is C12H13F2N3OS. The highest BCUT2D eigenvalue weighted by Gasteiger charge is 2.13. The predicted molar refractivity (Wildman–Crippen MR) is 69.4 cm³/mol. The summed E-state index contributed by atoms with van der Waals surface area (Å²) >= 11 is 1.19. The molecule has 0 aliphatic carbocycles. The molecule has 1 heterocycles. The Bertz CT molecular complexity index is 527. The molecule has 7 heteroatoms. The Morgan fingerprint density at radius 1 is 1.32 bits per heavy atom. The number of rotatable bonds is 6. The van der Waals surface area contributed by atoms with Crippen molar-refractivity contribution in [2.45, 2.75) is 20.0 Å². The maximum Gasteiger partial charge on any atom is 0.191 e. The topological polar surface area (TPSA) is 47.0 Å². The summed E-state index contributed by atoms with van der Waals surface area (Å²) < 4.78 is 35.7. The van der Waals surface area contributed by atoms with Crippen molar-refractivity contribution in [1.29, 1.82) is 0 Å². The maximum atomic E-state index is 13.4. The third-order valence-corrected chi connectivity index (χ3v) is 3.09. The van der Waals surface area contributed by atoms with Crippen LogP contribution in [0.5, 0.6) is 5.75 Å². The normalized spacial score (nSPS) is 10.5. The fraction of sp³-hybridized carbons (Fsp3) is 0.333. The van der Waals surface area contributed by atoms with Gasteiger partial charge in [0.25, 0.3) is 0 Å². The average Bonchev–Trinajstić information content (AvgIpc) is 2.83.